The van der Waals surface area contributed by atoms with Crippen molar-refractivity contribution in [2.24, 2.45) is 0 Å². The number of ether oxygens (including phenoxy) is 2. The van der Waals surface area contributed by atoms with E-state index in [2.05, 4.69) is 5.32 Å². The number of carbonyl (C=O) groups is 1. The molecule has 0 radical (unpaired) electrons. The Kier molecular flexibility index (Phi) is 5.60. The van der Waals surface area contributed by atoms with Crippen LogP contribution >= 0.6 is 0 Å². The molecule has 5 heteroatoms. The molecule has 1 aromatic carbocycles. The summed E-state index contributed by atoms with van der Waals surface area (Å²) in [6.45, 7) is 2.47. The lowest BCUT2D eigenvalue weighted by molar-refractivity contribution is 0.144. The molecule has 0 fully saturated rings. The predicted octanol–water partition coefficient (Wildman–Crippen LogP) is 3.37. The molecule has 1 unspecified atom stereocenters. The molecule has 4 nitrogen and oxygen atoms in total. The van der Waals surface area contributed by atoms with Gasteiger partial charge in [0.2, 0.25) is 0 Å². The van der Waals surface area contributed by atoms with Crippen LogP contribution in [0.3, 0.4) is 0 Å². The Morgan fingerprint density at radius 2 is 2.33 bits per heavy atom. The highest BCUT2D eigenvalue weighted by molar-refractivity contribution is 5.67. The van der Waals surface area contributed by atoms with Crippen molar-refractivity contribution in [3.05, 3.63) is 41.7 Å². The molecule has 114 valence electrons. The van der Waals surface area contributed by atoms with Crippen molar-refractivity contribution in [2.75, 3.05) is 13.2 Å². The summed E-state index contributed by atoms with van der Waals surface area (Å²) in [5, 5.41) is 2.55. The Balaban J connectivity index is 1.81. The van der Waals surface area contributed by atoms with E-state index >= 15 is 0 Å². The van der Waals surface area contributed by atoms with Crippen LogP contribution < -0.4 is 10.1 Å². The molecule has 1 aliphatic heterocycles. The highest BCUT2D eigenvalue weighted by Gasteiger charge is 2.26. The number of halogens is 1. The quantitative estimate of drug-likeness (QED) is 0.818. The monoisotopic (exact) mass is 293 g/mol. The van der Waals surface area contributed by atoms with Gasteiger partial charge in [-0.25, -0.2) is 9.18 Å². The number of hydrogen-bond acceptors (Lipinski definition) is 3. The molecule has 0 bridgehead atoms. The summed E-state index contributed by atoms with van der Waals surface area (Å²) in [5.41, 5.74) is 1.45. The predicted molar refractivity (Wildman–Crippen MR) is 78.0 cm³/mol. The van der Waals surface area contributed by atoms with E-state index in [1.807, 2.05) is 31.2 Å². The first kappa shape index (κ1) is 15.4. The average molecular weight is 293 g/mol. The molecular formula is C16H20FNO3. The van der Waals surface area contributed by atoms with Crippen LogP contribution in [0.15, 0.2) is 36.2 Å². The van der Waals surface area contributed by atoms with E-state index in [9.17, 15) is 9.18 Å². The molecule has 0 saturated carbocycles. The Labute approximate surface area is 123 Å². The van der Waals surface area contributed by atoms with Gasteiger partial charge in [-0.1, -0.05) is 31.5 Å². The minimum absolute atomic E-state index is 0.0834. The number of amides is 1. The highest BCUT2D eigenvalue weighted by atomic mass is 19.1. The number of alkyl carbamates (subject to hydrolysis) is 1. The summed E-state index contributed by atoms with van der Waals surface area (Å²) < 4.78 is 23.7. The second kappa shape index (κ2) is 7.67. The van der Waals surface area contributed by atoms with Gasteiger partial charge in [0.1, 0.15) is 11.9 Å². The van der Waals surface area contributed by atoms with E-state index < -0.39 is 6.09 Å². The summed E-state index contributed by atoms with van der Waals surface area (Å²) in [6, 6.07) is 7.62. The minimum Gasteiger partial charge on any atom is -0.485 e. The number of benzene rings is 1. The Bertz CT molecular complexity index is 491. The van der Waals surface area contributed by atoms with E-state index in [-0.39, 0.29) is 12.6 Å². The van der Waals surface area contributed by atoms with Crippen LogP contribution in [0, 0.1) is 0 Å². The lowest BCUT2D eigenvalue weighted by atomic mass is 10.1. The van der Waals surface area contributed by atoms with Crippen LogP contribution in [0.25, 0.3) is 0 Å². The zero-order valence-corrected chi connectivity index (χ0v) is 12.1. The molecule has 0 aromatic heterocycles. The fourth-order valence-corrected chi connectivity index (χ4v) is 2.15. The third-order valence-electron chi connectivity index (χ3n) is 3.37. The highest BCUT2D eigenvalue weighted by Crippen LogP contribution is 2.31. The minimum atomic E-state index is -0.529. The molecule has 1 amide bonds. The van der Waals surface area contributed by atoms with Crippen molar-refractivity contribution in [3.8, 4) is 5.75 Å². The van der Waals surface area contributed by atoms with Gasteiger partial charge in [0, 0.05) is 18.5 Å². The molecule has 0 aliphatic carbocycles. The molecule has 1 heterocycles. The fraction of sp³-hybridized carbons (Fsp3) is 0.438. The summed E-state index contributed by atoms with van der Waals surface area (Å²) in [5.74, 6) is 0.771. The van der Waals surface area contributed by atoms with Crippen molar-refractivity contribution in [2.45, 2.75) is 32.3 Å². The Morgan fingerprint density at radius 1 is 1.52 bits per heavy atom. The zero-order valence-electron chi connectivity index (χ0n) is 12.1. The smallest absolute Gasteiger partial charge is 0.407 e. The number of unbranched alkanes of at least 4 members (excludes halogenated alkanes) is 1. The summed E-state index contributed by atoms with van der Waals surface area (Å²) in [6.07, 6.45) is 1.99. The van der Waals surface area contributed by atoms with E-state index in [1.165, 1.54) is 0 Å². The van der Waals surface area contributed by atoms with Gasteiger partial charge in [-0.05, 0) is 18.1 Å². The van der Waals surface area contributed by atoms with Crippen molar-refractivity contribution in [1.82, 2.24) is 5.32 Å². The molecule has 0 spiro atoms. The molecule has 1 N–H and O–H groups in total. The molecule has 1 aromatic rings. The van der Waals surface area contributed by atoms with Crippen LogP contribution in [-0.2, 0) is 11.2 Å². The Morgan fingerprint density at radius 3 is 3.05 bits per heavy atom. The van der Waals surface area contributed by atoms with E-state index in [1.54, 1.807) is 0 Å². The van der Waals surface area contributed by atoms with Crippen molar-refractivity contribution in [3.63, 3.8) is 0 Å². The van der Waals surface area contributed by atoms with Crippen molar-refractivity contribution >= 4 is 6.09 Å². The van der Waals surface area contributed by atoms with Gasteiger partial charge in [-0.15, -0.1) is 0 Å². The number of hydrogen-bond donors (Lipinski definition) is 1. The first-order chi connectivity index (χ1) is 10.2. The number of para-hydroxylation sites is 1. The molecule has 1 atom stereocenters. The maximum Gasteiger partial charge on any atom is 0.407 e. The van der Waals surface area contributed by atoms with Crippen molar-refractivity contribution < 1.29 is 18.7 Å². The van der Waals surface area contributed by atoms with Gasteiger partial charge in [0.25, 0.3) is 0 Å². The van der Waals surface area contributed by atoms with Gasteiger partial charge in [-0.2, -0.15) is 0 Å². The second-order valence-corrected chi connectivity index (χ2v) is 4.95. The average Bonchev–Trinajstić information content (AvgIpc) is 2.92. The van der Waals surface area contributed by atoms with Crippen LogP contribution in [0.1, 0.15) is 25.3 Å². The topological polar surface area (TPSA) is 47.6 Å². The van der Waals surface area contributed by atoms with Gasteiger partial charge >= 0.3 is 6.09 Å². The molecule has 0 saturated heterocycles. The zero-order chi connectivity index (χ0) is 15.1. The molecule has 21 heavy (non-hydrogen) atoms. The van der Waals surface area contributed by atoms with Crippen molar-refractivity contribution in [1.29, 1.82) is 0 Å². The van der Waals surface area contributed by atoms with Crippen LogP contribution in [-0.4, -0.2) is 25.3 Å². The van der Waals surface area contributed by atoms with Gasteiger partial charge < -0.3 is 14.8 Å². The summed E-state index contributed by atoms with van der Waals surface area (Å²) in [7, 11) is 0. The molecule has 2 rings (SSSR count). The van der Waals surface area contributed by atoms with Crippen LogP contribution in [0.2, 0.25) is 0 Å². The SMILES string of the molecule is CCCCOC(=O)NCC(=CF)C1Cc2ccccc2O1. The van der Waals surface area contributed by atoms with Gasteiger partial charge in [-0.3, -0.25) is 0 Å². The number of fused-ring (bicyclic) bond motifs is 1. The largest absolute Gasteiger partial charge is 0.485 e. The van der Waals surface area contributed by atoms with E-state index in [4.69, 9.17) is 9.47 Å². The van der Waals surface area contributed by atoms with E-state index in [0.29, 0.717) is 24.9 Å². The second-order valence-electron chi connectivity index (χ2n) is 4.95. The number of nitrogens with one attached hydrogen (secondary N) is 1. The van der Waals surface area contributed by atoms with Gasteiger partial charge in [0.05, 0.1) is 12.9 Å². The van der Waals surface area contributed by atoms with Crippen LogP contribution in [0.4, 0.5) is 9.18 Å². The first-order valence-electron chi connectivity index (χ1n) is 7.19. The summed E-state index contributed by atoms with van der Waals surface area (Å²) >= 11 is 0. The normalized spacial score (nSPS) is 17.0. The lowest BCUT2D eigenvalue weighted by Gasteiger charge is -2.14. The third-order valence-corrected chi connectivity index (χ3v) is 3.37. The summed E-state index contributed by atoms with van der Waals surface area (Å²) in [4.78, 5) is 11.4. The third kappa shape index (κ3) is 4.21. The molecule has 1 aliphatic rings. The Hall–Kier alpha value is -2.04. The maximum absolute atomic E-state index is 13.1. The van der Waals surface area contributed by atoms with Gasteiger partial charge in [0.15, 0.2) is 0 Å². The molecular weight excluding hydrogens is 273 g/mol. The number of carbonyl (C=O) groups excluding carboxylic acids is 1. The first-order valence-corrected chi connectivity index (χ1v) is 7.19. The fourth-order valence-electron chi connectivity index (χ4n) is 2.15. The number of rotatable bonds is 6. The van der Waals surface area contributed by atoms with E-state index in [0.717, 1.165) is 24.2 Å². The lowest BCUT2D eigenvalue weighted by Crippen LogP contribution is -2.31. The van der Waals surface area contributed by atoms with Crippen LogP contribution in [0.5, 0.6) is 5.75 Å². The maximum atomic E-state index is 13.1. The standard InChI is InChI=1S/C16H20FNO3/c1-2-3-8-20-16(19)18-11-13(10-17)15-9-12-6-4-5-7-14(12)21-15/h4-7,10,15H,2-3,8-9,11H2,1H3,(H,18,19).